The van der Waals surface area contributed by atoms with Crippen molar-refractivity contribution in [2.45, 2.75) is 38.3 Å². The third kappa shape index (κ3) is 4.28. The third-order valence-corrected chi connectivity index (χ3v) is 3.71. The van der Waals surface area contributed by atoms with Crippen molar-refractivity contribution in [3.05, 3.63) is 0 Å². The molecule has 0 aromatic carbocycles. The number of rotatable bonds is 4. The van der Waals surface area contributed by atoms with Gasteiger partial charge in [-0.05, 0) is 12.8 Å². The van der Waals surface area contributed by atoms with Gasteiger partial charge in [0.2, 0.25) is 5.91 Å². The van der Waals surface area contributed by atoms with Crippen LogP contribution in [0.1, 0.15) is 32.1 Å². The molecule has 20 heavy (non-hydrogen) atoms. The molecule has 1 amide bonds. The molecule has 1 fully saturated rings. The Balaban J connectivity index is 2.67. The summed E-state index contributed by atoms with van der Waals surface area (Å²) in [5, 5.41) is 11.2. The van der Waals surface area contributed by atoms with Gasteiger partial charge in [0.1, 0.15) is 5.84 Å². The molecule has 0 aromatic heterocycles. The number of hydrogen-bond acceptors (Lipinski definition) is 3. The van der Waals surface area contributed by atoms with Crippen molar-refractivity contribution in [2.75, 3.05) is 13.6 Å². The standard InChI is InChI=1S/C12H20F3N3O2/c1-18(7-6-10(16)17-20)11(19)8-4-2-3-5-9(8)12(13,14)15/h8-9,20H,2-7H2,1H3,(H2,16,17). The number of halogens is 3. The summed E-state index contributed by atoms with van der Waals surface area (Å²) in [6.45, 7) is 0.135. The lowest BCUT2D eigenvalue weighted by atomic mass is 9.78. The molecule has 1 aliphatic carbocycles. The van der Waals surface area contributed by atoms with Gasteiger partial charge in [-0.2, -0.15) is 13.2 Å². The fraction of sp³-hybridized carbons (Fsp3) is 0.833. The van der Waals surface area contributed by atoms with Crippen LogP contribution in [0.3, 0.4) is 0 Å². The van der Waals surface area contributed by atoms with Crippen molar-refractivity contribution in [2.24, 2.45) is 22.7 Å². The summed E-state index contributed by atoms with van der Waals surface area (Å²) in [4.78, 5) is 13.4. The van der Waals surface area contributed by atoms with Gasteiger partial charge in [0, 0.05) is 25.9 Å². The molecule has 2 unspecified atom stereocenters. The van der Waals surface area contributed by atoms with Crippen LogP contribution >= 0.6 is 0 Å². The van der Waals surface area contributed by atoms with Gasteiger partial charge in [-0.3, -0.25) is 4.79 Å². The first-order valence-electron chi connectivity index (χ1n) is 6.55. The molecule has 0 saturated heterocycles. The fourth-order valence-corrected chi connectivity index (χ4v) is 2.54. The highest BCUT2D eigenvalue weighted by molar-refractivity contribution is 5.82. The summed E-state index contributed by atoms with van der Waals surface area (Å²) in [5.41, 5.74) is 5.28. The van der Waals surface area contributed by atoms with Crippen LogP contribution in [-0.4, -0.2) is 41.6 Å². The van der Waals surface area contributed by atoms with Crippen molar-refractivity contribution in [3.8, 4) is 0 Å². The maximum absolute atomic E-state index is 12.9. The van der Waals surface area contributed by atoms with Gasteiger partial charge in [0.25, 0.3) is 0 Å². The zero-order chi connectivity index (χ0) is 15.3. The van der Waals surface area contributed by atoms with Crippen LogP contribution in [0.4, 0.5) is 13.2 Å². The number of oxime groups is 1. The summed E-state index contributed by atoms with van der Waals surface area (Å²) < 4.78 is 38.8. The first-order valence-corrected chi connectivity index (χ1v) is 6.55. The number of nitrogens with zero attached hydrogens (tertiary/aromatic N) is 2. The van der Waals surface area contributed by atoms with Gasteiger partial charge in [-0.15, -0.1) is 0 Å². The van der Waals surface area contributed by atoms with Crippen molar-refractivity contribution in [1.82, 2.24) is 4.90 Å². The Labute approximate surface area is 115 Å². The number of amidine groups is 1. The number of carbonyl (C=O) groups is 1. The highest BCUT2D eigenvalue weighted by Crippen LogP contribution is 2.42. The van der Waals surface area contributed by atoms with Gasteiger partial charge < -0.3 is 15.8 Å². The third-order valence-electron chi connectivity index (χ3n) is 3.71. The average Bonchev–Trinajstić information content (AvgIpc) is 2.42. The second-order valence-corrected chi connectivity index (χ2v) is 5.14. The molecule has 0 aromatic rings. The van der Waals surface area contributed by atoms with E-state index in [4.69, 9.17) is 10.9 Å². The molecule has 2 atom stereocenters. The molecule has 0 spiro atoms. The van der Waals surface area contributed by atoms with Crippen LogP contribution in [0.2, 0.25) is 0 Å². The molecule has 0 bridgehead atoms. The predicted octanol–water partition coefficient (Wildman–Crippen LogP) is 1.95. The zero-order valence-corrected chi connectivity index (χ0v) is 11.4. The second kappa shape index (κ2) is 6.81. The Morgan fingerprint density at radius 2 is 2.00 bits per heavy atom. The van der Waals surface area contributed by atoms with Gasteiger partial charge >= 0.3 is 6.18 Å². The Kier molecular flexibility index (Phi) is 5.64. The normalized spacial score (nSPS) is 24.5. The van der Waals surface area contributed by atoms with E-state index < -0.39 is 23.9 Å². The lowest BCUT2D eigenvalue weighted by molar-refractivity contribution is -0.200. The SMILES string of the molecule is CN(CCC(N)=NO)C(=O)C1CCCCC1C(F)(F)F. The lowest BCUT2D eigenvalue weighted by Crippen LogP contribution is -2.44. The molecule has 0 heterocycles. The number of amides is 1. The molecule has 1 aliphatic rings. The van der Waals surface area contributed by atoms with Crippen LogP contribution in [0, 0.1) is 11.8 Å². The molecule has 3 N–H and O–H groups in total. The highest BCUT2D eigenvalue weighted by atomic mass is 19.4. The zero-order valence-electron chi connectivity index (χ0n) is 11.4. The topological polar surface area (TPSA) is 78.9 Å². The van der Waals surface area contributed by atoms with E-state index in [2.05, 4.69) is 5.16 Å². The smallest absolute Gasteiger partial charge is 0.392 e. The van der Waals surface area contributed by atoms with Crippen molar-refractivity contribution in [1.29, 1.82) is 0 Å². The number of hydrogen-bond donors (Lipinski definition) is 2. The fourth-order valence-electron chi connectivity index (χ4n) is 2.54. The van der Waals surface area contributed by atoms with Crippen LogP contribution in [0.15, 0.2) is 5.16 Å². The van der Waals surface area contributed by atoms with Gasteiger partial charge in [-0.25, -0.2) is 0 Å². The summed E-state index contributed by atoms with van der Waals surface area (Å²) in [6, 6.07) is 0. The van der Waals surface area contributed by atoms with E-state index in [0.29, 0.717) is 12.8 Å². The van der Waals surface area contributed by atoms with Crippen LogP contribution in [-0.2, 0) is 4.79 Å². The van der Waals surface area contributed by atoms with Crippen molar-refractivity contribution < 1.29 is 23.2 Å². The first kappa shape index (κ1) is 16.6. The van der Waals surface area contributed by atoms with Gasteiger partial charge in [-0.1, -0.05) is 18.0 Å². The minimum absolute atomic E-state index is 0.00792. The van der Waals surface area contributed by atoms with Gasteiger partial charge in [0.05, 0.1) is 5.92 Å². The van der Waals surface area contributed by atoms with E-state index in [9.17, 15) is 18.0 Å². The summed E-state index contributed by atoms with van der Waals surface area (Å²) in [7, 11) is 1.44. The number of alkyl halides is 3. The molecule has 0 radical (unpaired) electrons. The Morgan fingerprint density at radius 3 is 2.55 bits per heavy atom. The second-order valence-electron chi connectivity index (χ2n) is 5.14. The van der Waals surface area contributed by atoms with E-state index in [0.717, 1.165) is 0 Å². The minimum Gasteiger partial charge on any atom is -0.409 e. The molecule has 5 nitrogen and oxygen atoms in total. The molecule has 1 rings (SSSR count). The molecule has 8 heteroatoms. The van der Waals surface area contributed by atoms with Crippen molar-refractivity contribution in [3.63, 3.8) is 0 Å². The minimum atomic E-state index is -4.34. The van der Waals surface area contributed by atoms with Crippen LogP contribution < -0.4 is 5.73 Å². The average molecular weight is 295 g/mol. The summed E-state index contributed by atoms with van der Waals surface area (Å²) in [5.74, 6) is -3.14. The Hall–Kier alpha value is -1.47. The molecule has 1 saturated carbocycles. The van der Waals surface area contributed by atoms with Crippen LogP contribution in [0.25, 0.3) is 0 Å². The Bertz CT molecular complexity index is 371. The molecular formula is C12H20F3N3O2. The van der Waals surface area contributed by atoms with E-state index >= 15 is 0 Å². The maximum atomic E-state index is 12.9. The quantitative estimate of drug-likeness (QED) is 0.360. The molecule has 0 aliphatic heterocycles. The molecule has 116 valence electrons. The van der Waals surface area contributed by atoms with E-state index in [1.54, 1.807) is 0 Å². The summed E-state index contributed by atoms with van der Waals surface area (Å²) >= 11 is 0. The predicted molar refractivity (Wildman–Crippen MR) is 67.2 cm³/mol. The maximum Gasteiger partial charge on any atom is 0.392 e. The van der Waals surface area contributed by atoms with E-state index in [1.165, 1.54) is 11.9 Å². The highest BCUT2D eigenvalue weighted by Gasteiger charge is 2.48. The van der Waals surface area contributed by atoms with E-state index in [-0.39, 0.29) is 31.6 Å². The lowest BCUT2D eigenvalue weighted by Gasteiger charge is -2.34. The van der Waals surface area contributed by atoms with Crippen molar-refractivity contribution >= 4 is 11.7 Å². The number of nitrogens with two attached hydrogens (primary N) is 1. The Morgan fingerprint density at radius 1 is 1.40 bits per heavy atom. The largest absolute Gasteiger partial charge is 0.409 e. The summed E-state index contributed by atoms with van der Waals surface area (Å²) in [6.07, 6.45) is -2.81. The monoisotopic (exact) mass is 295 g/mol. The van der Waals surface area contributed by atoms with Gasteiger partial charge in [0.15, 0.2) is 0 Å². The molecular weight excluding hydrogens is 275 g/mol. The first-order chi connectivity index (χ1) is 9.27. The van der Waals surface area contributed by atoms with E-state index in [1.807, 2.05) is 0 Å². The van der Waals surface area contributed by atoms with Crippen LogP contribution in [0.5, 0.6) is 0 Å². The number of carbonyl (C=O) groups excluding carboxylic acids is 1.